The molecule has 2 rings (SSSR count). The minimum atomic E-state index is -0.416. The summed E-state index contributed by atoms with van der Waals surface area (Å²) in [6, 6.07) is 9.44. The van der Waals surface area contributed by atoms with Gasteiger partial charge in [-0.05, 0) is 83.6 Å². The summed E-state index contributed by atoms with van der Waals surface area (Å²) >= 11 is 5.69. The third-order valence-electron chi connectivity index (χ3n) is 3.11. The van der Waals surface area contributed by atoms with E-state index >= 15 is 0 Å². The summed E-state index contributed by atoms with van der Waals surface area (Å²) in [5, 5.41) is 3.17. The second-order valence-corrected chi connectivity index (χ2v) is 6.52. The first-order valence-corrected chi connectivity index (χ1v) is 7.94. The van der Waals surface area contributed by atoms with Crippen molar-refractivity contribution in [2.45, 2.75) is 12.5 Å². The van der Waals surface area contributed by atoms with Crippen LogP contribution in [0.25, 0.3) is 0 Å². The lowest BCUT2D eigenvalue weighted by molar-refractivity contribution is 0.542. The molecule has 0 fully saturated rings. The zero-order chi connectivity index (χ0) is 14.7. The van der Waals surface area contributed by atoms with Gasteiger partial charge in [-0.25, -0.2) is 8.78 Å². The van der Waals surface area contributed by atoms with Crippen molar-refractivity contribution in [3.8, 4) is 0 Å². The molecule has 0 radical (unpaired) electrons. The Morgan fingerprint density at radius 1 is 1.20 bits per heavy atom. The number of benzene rings is 2. The SMILES string of the molecule is CNC(Cc1cc(F)ccc1F)c1cc(Br)ccc1I. The summed E-state index contributed by atoms with van der Waals surface area (Å²) in [5.74, 6) is -0.795. The average molecular weight is 452 g/mol. The summed E-state index contributed by atoms with van der Waals surface area (Å²) in [6.07, 6.45) is 0.395. The maximum absolute atomic E-state index is 13.8. The Morgan fingerprint density at radius 2 is 1.95 bits per heavy atom. The predicted molar refractivity (Wildman–Crippen MR) is 88.7 cm³/mol. The van der Waals surface area contributed by atoms with Gasteiger partial charge in [-0.2, -0.15) is 0 Å². The van der Waals surface area contributed by atoms with Crippen LogP contribution in [-0.2, 0) is 6.42 Å². The molecule has 0 aliphatic heterocycles. The van der Waals surface area contributed by atoms with Crippen LogP contribution in [-0.4, -0.2) is 7.05 Å². The molecule has 106 valence electrons. The lowest BCUT2D eigenvalue weighted by Gasteiger charge is -2.19. The van der Waals surface area contributed by atoms with Crippen LogP contribution in [0, 0.1) is 15.2 Å². The van der Waals surface area contributed by atoms with Gasteiger partial charge in [-0.15, -0.1) is 0 Å². The Balaban J connectivity index is 2.33. The third kappa shape index (κ3) is 3.77. The van der Waals surface area contributed by atoms with E-state index in [4.69, 9.17) is 0 Å². The van der Waals surface area contributed by atoms with Crippen LogP contribution in [0.1, 0.15) is 17.2 Å². The zero-order valence-electron chi connectivity index (χ0n) is 10.8. The fraction of sp³-hybridized carbons (Fsp3) is 0.200. The van der Waals surface area contributed by atoms with Gasteiger partial charge in [0.05, 0.1) is 0 Å². The highest BCUT2D eigenvalue weighted by Crippen LogP contribution is 2.27. The second-order valence-electron chi connectivity index (χ2n) is 4.45. The van der Waals surface area contributed by atoms with E-state index in [1.807, 2.05) is 25.2 Å². The molecular weight excluding hydrogens is 439 g/mol. The average Bonchev–Trinajstić information content (AvgIpc) is 2.42. The van der Waals surface area contributed by atoms with Gasteiger partial charge in [0.15, 0.2) is 0 Å². The molecule has 0 saturated carbocycles. The van der Waals surface area contributed by atoms with E-state index in [1.54, 1.807) is 0 Å². The van der Waals surface area contributed by atoms with Crippen LogP contribution in [0.2, 0.25) is 0 Å². The van der Waals surface area contributed by atoms with Crippen LogP contribution in [0.15, 0.2) is 40.9 Å². The van der Waals surface area contributed by atoms with Crippen molar-refractivity contribution in [1.29, 1.82) is 0 Å². The van der Waals surface area contributed by atoms with Crippen molar-refractivity contribution in [2.24, 2.45) is 0 Å². The molecule has 20 heavy (non-hydrogen) atoms. The van der Waals surface area contributed by atoms with Gasteiger partial charge in [0.25, 0.3) is 0 Å². The van der Waals surface area contributed by atoms with E-state index in [2.05, 4.69) is 43.8 Å². The summed E-state index contributed by atoms with van der Waals surface area (Å²) < 4.78 is 29.1. The molecule has 0 heterocycles. The Hall–Kier alpha value is -0.530. The van der Waals surface area contributed by atoms with Crippen molar-refractivity contribution in [1.82, 2.24) is 5.32 Å². The first-order valence-electron chi connectivity index (χ1n) is 6.07. The molecule has 0 amide bonds. The van der Waals surface area contributed by atoms with E-state index in [0.29, 0.717) is 12.0 Å². The van der Waals surface area contributed by atoms with Crippen LogP contribution < -0.4 is 5.32 Å². The van der Waals surface area contributed by atoms with Crippen molar-refractivity contribution < 1.29 is 8.78 Å². The normalized spacial score (nSPS) is 12.4. The molecule has 0 aromatic heterocycles. The van der Waals surface area contributed by atoms with E-state index in [9.17, 15) is 8.78 Å². The van der Waals surface area contributed by atoms with E-state index in [0.717, 1.165) is 19.7 Å². The Kier molecular flexibility index (Phi) is 5.51. The molecule has 2 aromatic carbocycles. The molecular formula is C15H13BrF2IN. The fourth-order valence-electron chi connectivity index (χ4n) is 2.07. The van der Waals surface area contributed by atoms with Crippen LogP contribution in [0.5, 0.6) is 0 Å². The van der Waals surface area contributed by atoms with Crippen molar-refractivity contribution in [3.05, 3.63) is 67.2 Å². The maximum atomic E-state index is 13.8. The van der Waals surface area contributed by atoms with Gasteiger partial charge in [-0.1, -0.05) is 15.9 Å². The number of hydrogen-bond acceptors (Lipinski definition) is 1. The smallest absolute Gasteiger partial charge is 0.126 e. The lowest BCUT2D eigenvalue weighted by atomic mass is 9.98. The first-order chi connectivity index (χ1) is 9.51. The van der Waals surface area contributed by atoms with Gasteiger partial charge in [0.2, 0.25) is 0 Å². The van der Waals surface area contributed by atoms with Crippen molar-refractivity contribution in [2.75, 3.05) is 7.05 Å². The first kappa shape index (κ1) is 15.9. The van der Waals surface area contributed by atoms with Gasteiger partial charge in [0.1, 0.15) is 11.6 Å². The predicted octanol–water partition coefficient (Wildman–Crippen LogP) is 4.84. The Morgan fingerprint density at radius 3 is 2.65 bits per heavy atom. The quantitative estimate of drug-likeness (QED) is 0.656. The Bertz CT molecular complexity index is 619. The molecule has 0 aliphatic rings. The molecule has 0 aliphatic carbocycles. The van der Waals surface area contributed by atoms with Gasteiger partial charge in [-0.3, -0.25) is 0 Å². The van der Waals surface area contributed by atoms with Crippen molar-refractivity contribution >= 4 is 38.5 Å². The minimum absolute atomic E-state index is 0.0734. The summed E-state index contributed by atoms with van der Waals surface area (Å²) in [4.78, 5) is 0. The summed E-state index contributed by atoms with van der Waals surface area (Å²) in [7, 11) is 1.82. The summed E-state index contributed by atoms with van der Waals surface area (Å²) in [6.45, 7) is 0. The fourth-order valence-corrected chi connectivity index (χ4v) is 3.16. The van der Waals surface area contributed by atoms with E-state index in [-0.39, 0.29) is 11.9 Å². The van der Waals surface area contributed by atoms with Crippen LogP contribution in [0.4, 0.5) is 8.78 Å². The van der Waals surface area contributed by atoms with Crippen LogP contribution in [0.3, 0.4) is 0 Å². The molecule has 2 aromatic rings. The summed E-state index contributed by atoms with van der Waals surface area (Å²) in [5.41, 5.74) is 1.44. The minimum Gasteiger partial charge on any atom is -0.313 e. The second kappa shape index (κ2) is 6.95. The molecule has 5 heteroatoms. The third-order valence-corrected chi connectivity index (χ3v) is 4.59. The van der Waals surface area contributed by atoms with Crippen LogP contribution >= 0.6 is 38.5 Å². The number of nitrogens with one attached hydrogen (secondary N) is 1. The molecule has 1 N–H and O–H groups in total. The molecule has 1 unspecified atom stereocenters. The highest BCUT2D eigenvalue weighted by atomic mass is 127. The topological polar surface area (TPSA) is 12.0 Å². The number of rotatable bonds is 4. The number of halogens is 4. The maximum Gasteiger partial charge on any atom is 0.126 e. The molecule has 0 saturated heterocycles. The molecule has 0 spiro atoms. The molecule has 0 bridgehead atoms. The lowest BCUT2D eigenvalue weighted by Crippen LogP contribution is -2.20. The zero-order valence-corrected chi connectivity index (χ0v) is 14.5. The molecule has 1 nitrogen and oxygen atoms in total. The van der Waals surface area contributed by atoms with E-state index < -0.39 is 5.82 Å². The number of hydrogen-bond donors (Lipinski definition) is 1. The number of likely N-dealkylation sites (N-methyl/N-ethyl adjacent to an activating group) is 1. The van der Waals surface area contributed by atoms with E-state index in [1.165, 1.54) is 12.1 Å². The monoisotopic (exact) mass is 451 g/mol. The van der Waals surface area contributed by atoms with Gasteiger partial charge in [0, 0.05) is 14.1 Å². The highest BCUT2D eigenvalue weighted by molar-refractivity contribution is 14.1. The molecule has 1 atom stereocenters. The highest BCUT2D eigenvalue weighted by Gasteiger charge is 2.16. The Labute approximate surface area is 139 Å². The van der Waals surface area contributed by atoms with Crippen molar-refractivity contribution in [3.63, 3.8) is 0 Å². The van der Waals surface area contributed by atoms with Gasteiger partial charge >= 0.3 is 0 Å². The van der Waals surface area contributed by atoms with Gasteiger partial charge < -0.3 is 5.32 Å². The standard InChI is InChI=1S/C15H13BrF2IN/c1-20-15(12-8-10(16)2-5-14(12)19)7-9-6-11(17)3-4-13(9)18/h2-6,8,15,20H,7H2,1H3. The largest absolute Gasteiger partial charge is 0.313 e.